The summed E-state index contributed by atoms with van der Waals surface area (Å²) in [5.41, 5.74) is 5.60. The van der Waals surface area contributed by atoms with Crippen LogP contribution in [-0.4, -0.2) is 28.0 Å². The summed E-state index contributed by atoms with van der Waals surface area (Å²) in [7, 11) is -2.37. The van der Waals surface area contributed by atoms with Crippen molar-refractivity contribution in [1.29, 1.82) is 0 Å². The van der Waals surface area contributed by atoms with Crippen molar-refractivity contribution in [3.05, 3.63) is 78.4 Å². The number of rotatable bonds is 11. The lowest BCUT2D eigenvalue weighted by atomic mass is 9.98. The van der Waals surface area contributed by atoms with Crippen molar-refractivity contribution in [2.24, 2.45) is 5.92 Å². The summed E-state index contributed by atoms with van der Waals surface area (Å²) >= 11 is 0. The molecule has 0 heterocycles. The van der Waals surface area contributed by atoms with Gasteiger partial charge in [0.25, 0.3) is 0 Å². The van der Waals surface area contributed by atoms with Gasteiger partial charge < -0.3 is 15.5 Å². The van der Waals surface area contributed by atoms with E-state index in [0.29, 0.717) is 24.2 Å². The van der Waals surface area contributed by atoms with E-state index < -0.39 is 10.0 Å². The molecule has 1 atom stereocenters. The fraction of sp³-hybridized carbons (Fsp3) is 0.296. The Hall–Kier alpha value is -3.40. The molecule has 9 heteroatoms. The van der Waals surface area contributed by atoms with Crippen LogP contribution in [-0.2, 0) is 10.0 Å². The van der Waals surface area contributed by atoms with Gasteiger partial charge >= 0.3 is 6.03 Å². The Balaban J connectivity index is 1.94. The minimum absolute atomic E-state index is 0.0311. The van der Waals surface area contributed by atoms with E-state index in [-0.39, 0.29) is 28.6 Å². The number of amides is 2. The highest BCUT2D eigenvalue weighted by Crippen LogP contribution is 2.32. The summed E-state index contributed by atoms with van der Waals surface area (Å²) in [6.07, 6.45) is 0.644. The SMILES string of the molecule is CCNC(=O)Nc1ccc(-c2ccc(ONC)c(S(=O)(=O)NC(CC(C)C)c3ccccc3)c2)cc1. The number of hydrogen-bond donors (Lipinski definition) is 4. The monoisotopic (exact) mass is 510 g/mol. The van der Waals surface area contributed by atoms with E-state index in [9.17, 15) is 13.2 Å². The molecule has 0 aliphatic carbocycles. The number of benzene rings is 3. The van der Waals surface area contributed by atoms with Gasteiger partial charge in [-0.05, 0) is 60.2 Å². The maximum absolute atomic E-state index is 13.6. The van der Waals surface area contributed by atoms with E-state index in [1.54, 1.807) is 37.4 Å². The largest absolute Gasteiger partial charge is 0.408 e. The van der Waals surface area contributed by atoms with Crippen LogP contribution in [0.3, 0.4) is 0 Å². The van der Waals surface area contributed by atoms with E-state index in [0.717, 1.165) is 11.1 Å². The predicted octanol–water partition coefficient (Wildman–Crippen LogP) is 5.07. The number of nitrogens with one attached hydrogen (secondary N) is 4. The standard InChI is InChI=1S/C27H34N4O4S/c1-5-29-27(32)30-23-14-11-20(12-15-23)22-13-16-25(35-28-4)26(18-22)36(33,34)31-24(17-19(2)3)21-9-7-6-8-10-21/h6-16,18-19,24,28,31H,5,17H2,1-4H3,(H2,29,30,32). The van der Waals surface area contributed by atoms with Crippen molar-refractivity contribution in [1.82, 2.24) is 15.5 Å². The average molecular weight is 511 g/mol. The minimum atomic E-state index is -3.95. The van der Waals surface area contributed by atoms with E-state index in [2.05, 4.69) is 34.7 Å². The van der Waals surface area contributed by atoms with Crippen molar-refractivity contribution in [2.75, 3.05) is 18.9 Å². The summed E-state index contributed by atoms with van der Waals surface area (Å²) in [4.78, 5) is 17.2. The Morgan fingerprint density at radius 2 is 1.61 bits per heavy atom. The van der Waals surface area contributed by atoms with Crippen LogP contribution >= 0.6 is 0 Å². The topological polar surface area (TPSA) is 109 Å². The zero-order chi connectivity index (χ0) is 26.1. The second kappa shape index (κ2) is 12.5. The lowest BCUT2D eigenvalue weighted by Gasteiger charge is -2.22. The molecule has 1 unspecified atom stereocenters. The highest BCUT2D eigenvalue weighted by Gasteiger charge is 2.26. The fourth-order valence-electron chi connectivity index (χ4n) is 3.83. The summed E-state index contributed by atoms with van der Waals surface area (Å²) in [5, 5.41) is 5.43. The number of anilines is 1. The second-order valence-corrected chi connectivity index (χ2v) is 10.4. The van der Waals surface area contributed by atoms with Crippen LogP contribution in [0.1, 0.15) is 38.8 Å². The van der Waals surface area contributed by atoms with E-state index in [4.69, 9.17) is 4.84 Å². The Kier molecular flexibility index (Phi) is 9.46. The predicted molar refractivity (Wildman–Crippen MR) is 143 cm³/mol. The molecular weight excluding hydrogens is 476 g/mol. The lowest BCUT2D eigenvalue weighted by molar-refractivity contribution is 0.217. The quantitative estimate of drug-likeness (QED) is 0.269. The van der Waals surface area contributed by atoms with Crippen LogP contribution < -0.4 is 25.7 Å². The first kappa shape index (κ1) is 27.2. The van der Waals surface area contributed by atoms with Crippen molar-refractivity contribution in [3.8, 4) is 16.9 Å². The van der Waals surface area contributed by atoms with E-state index >= 15 is 0 Å². The van der Waals surface area contributed by atoms with Gasteiger partial charge in [-0.15, -0.1) is 0 Å². The number of carbonyl (C=O) groups is 1. The first-order valence-corrected chi connectivity index (χ1v) is 13.4. The van der Waals surface area contributed by atoms with E-state index in [1.165, 1.54) is 0 Å². The fourth-order valence-corrected chi connectivity index (χ4v) is 5.22. The van der Waals surface area contributed by atoms with Crippen LogP contribution in [0.25, 0.3) is 11.1 Å². The highest BCUT2D eigenvalue weighted by atomic mass is 32.2. The maximum Gasteiger partial charge on any atom is 0.319 e. The number of urea groups is 1. The average Bonchev–Trinajstić information content (AvgIpc) is 2.85. The maximum atomic E-state index is 13.6. The van der Waals surface area contributed by atoms with Gasteiger partial charge in [0.05, 0.1) is 0 Å². The molecule has 0 spiro atoms. The van der Waals surface area contributed by atoms with Crippen LogP contribution in [0.4, 0.5) is 10.5 Å². The zero-order valence-corrected chi connectivity index (χ0v) is 21.9. The number of hydrogen-bond acceptors (Lipinski definition) is 5. The molecule has 36 heavy (non-hydrogen) atoms. The molecule has 3 aromatic carbocycles. The third-order valence-electron chi connectivity index (χ3n) is 5.47. The van der Waals surface area contributed by atoms with Gasteiger partial charge in [0.1, 0.15) is 4.90 Å². The number of hydroxylamine groups is 1. The van der Waals surface area contributed by atoms with Crippen molar-refractivity contribution in [3.63, 3.8) is 0 Å². The molecule has 0 aliphatic rings. The molecule has 0 radical (unpaired) electrons. The van der Waals surface area contributed by atoms with Gasteiger partial charge in [-0.2, -0.15) is 5.48 Å². The van der Waals surface area contributed by atoms with Crippen LogP contribution in [0.5, 0.6) is 5.75 Å². The molecule has 0 saturated carbocycles. The Morgan fingerprint density at radius 3 is 2.22 bits per heavy atom. The molecule has 3 rings (SSSR count). The normalized spacial score (nSPS) is 12.2. The van der Waals surface area contributed by atoms with Crippen LogP contribution in [0, 0.1) is 5.92 Å². The van der Waals surface area contributed by atoms with Gasteiger partial charge in [0.2, 0.25) is 10.0 Å². The molecule has 2 amide bonds. The van der Waals surface area contributed by atoms with Crippen molar-refractivity contribution < 1.29 is 18.0 Å². The molecule has 8 nitrogen and oxygen atoms in total. The molecule has 0 aliphatic heterocycles. The zero-order valence-electron chi connectivity index (χ0n) is 21.0. The smallest absolute Gasteiger partial charge is 0.319 e. The minimum Gasteiger partial charge on any atom is -0.408 e. The molecule has 0 bridgehead atoms. The molecule has 0 fully saturated rings. The molecule has 0 saturated heterocycles. The van der Waals surface area contributed by atoms with Crippen LogP contribution in [0.15, 0.2) is 77.7 Å². The summed E-state index contributed by atoms with van der Waals surface area (Å²) < 4.78 is 30.2. The summed E-state index contributed by atoms with van der Waals surface area (Å²) in [6, 6.07) is 21.1. The van der Waals surface area contributed by atoms with Gasteiger partial charge in [-0.1, -0.05) is 62.4 Å². The molecule has 3 aromatic rings. The van der Waals surface area contributed by atoms with Crippen LogP contribution in [0.2, 0.25) is 0 Å². The molecule has 0 aromatic heterocycles. The first-order valence-electron chi connectivity index (χ1n) is 11.9. The van der Waals surface area contributed by atoms with Gasteiger partial charge in [0, 0.05) is 25.3 Å². The Morgan fingerprint density at radius 1 is 0.944 bits per heavy atom. The summed E-state index contributed by atoms with van der Waals surface area (Å²) in [5.74, 6) is 0.475. The molecule has 4 N–H and O–H groups in total. The van der Waals surface area contributed by atoms with Crippen molar-refractivity contribution in [2.45, 2.75) is 38.1 Å². The number of carbonyl (C=O) groups excluding carboxylic acids is 1. The number of sulfonamides is 1. The van der Waals surface area contributed by atoms with Crippen molar-refractivity contribution >= 4 is 21.7 Å². The second-order valence-electron chi connectivity index (χ2n) is 8.74. The third-order valence-corrected chi connectivity index (χ3v) is 6.96. The Bertz CT molecular complexity index is 1250. The van der Waals surface area contributed by atoms with Gasteiger partial charge in [-0.25, -0.2) is 17.9 Å². The molecular formula is C27H34N4O4S. The molecule has 192 valence electrons. The first-order chi connectivity index (χ1) is 17.2. The summed E-state index contributed by atoms with van der Waals surface area (Å²) in [6.45, 7) is 6.49. The Labute approximate surface area is 213 Å². The highest BCUT2D eigenvalue weighted by molar-refractivity contribution is 7.89. The van der Waals surface area contributed by atoms with Gasteiger partial charge in [-0.3, -0.25) is 0 Å². The van der Waals surface area contributed by atoms with Gasteiger partial charge in [0.15, 0.2) is 5.75 Å². The van der Waals surface area contributed by atoms with E-state index in [1.807, 2.05) is 49.4 Å². The lowest BCUT2D eigenvalue weighted by Crippen LogP contribution is -2.30. The third kappa shape index (κ3) is 7.30.